The molecule has 3 aromatic carbocycles. The number of para-hydroxylation sites is 1. The van der Waals surface area contributed by atoms with E-state index in [9.17, 15) is 9.59 Å². The van der Waals surface area contributed by atoms with Gasteiger partial charge in [0.1, 0.15) is 0 Å². The molecule has 6 nitrogen and oxygen atoms in total. The zero-order valence-electron chi connectivity index (χ0n) is 23.9. The van der Waals surface area contributed by atoms with Crippen LogP contribution in [0.2, 0.25) is 0 Å². The number of aromatic amines is 1. The van der Waals surface area contributed by atoms with E-state index in [1.165, 1.54) is 24.8 Å². The molecule has 1 saturated heterocycles. The minimum absolute atomic E-state index is 0.0177. The van der Waals surface area contributed by atoms with Crippen molar-refractivity contribution in [2.75, 3.05) is 39.8 Å². The Balaban J connectivity index is 1.12. The lowest BCUT2D eigenvalue weighted by Crippen LogP contribution is -2.40. The predicted octanol–water partition coefficient (Wildman–Crippen LogP) is 5.58. The van der Waals surface area contributed by atoms with Gasteiger partial charge in [0.15, 0.2) is 5.78 Å². The summed E-state index contributed by atoms with van der Waals surface area (Å²) in [6, 6.07) is 26.4. The summed E-state index contributed by atoms with van der Waals surface area (Å²) < 4.78 is 0. The van der Waals surface area contributed by atoms with Crippen molar-refractivity contribution in [3.05, 3.63) is 107 Å². The van der Waals surface area contributed by atoms with Gasteiger partial charge in [-0.25, -0.2) is 0 Å². The summed E-state index contributed by atoms with van der Waals surface area (Å²) in [6.45, 7) is 4.13. The second kappa shape index (κ2) is 12.4. The average molecular weight is 549 g/mol. The SMILES string of the molecule is CN1CC(=O)c2ccccc2C(C(=O)NCCCN2CCC(Cc3ccccc3)CC2)C1c1c[nH]c2ccccc12. The van der Waals surface area contributed by atoms with Crippen LogP contribution in [0.5, 0.6) is 0 Å². The van der Waals surface area contributed by atoms with Gasteiger partial charge in [-0.05, 0) is 81.0 Å². The third-order valence-electron chi connectivity index (χ3n) is 9.03. The Bertz CT molecular complexity index is 1490. The van der Waals surface area contributed by atoms with Crippen LogP contribution in [-0.4, -0.2) is 66.2 Å². The summed E-state index contributed by atoms with van der Waals surface area (Å²) in [7, 11) is 1.96. The molecular formula is C35H40N4O2. The molecule has 4 aromatic rings. The van der Waals surface area contributed by atoms with E-state index in [0.29, 0.717) is 12.1 Å². The van der Waals surface area contributed by atoms with Gasteiger partial charge >= 0.3 is 0 Å². The molecule has 0 saturated carbocycles. The summed E-state index contributed by atoms with van der Waals surface area (Å²) in [5.41, 5.74) is 4.99. The molecule has 3 heterocycles. The van der Waals surface area contributed by atoms with Crippen molar-refractivity contribution >= 4 is 22.6 Å². The number of likely N-dealkylation sites (N-methyl/N-ethyl adjacent to an activating group) is 1. The Kier molecular flexibility index (Phi) is 8.31. The minimum Gasteiger partial charge on any atom is -0.361 e. The van der Waals surface area contributed by atoms with E-state index >= 15 is 0 Å². The number of amides is 1. The first kappa shape index (κ1) is 27.4. The molecule has 0 spiro atoms. The number of likely N-dealkylation sites (tertiary alicyclic amines) is 1. The van der Waals surface area contributed by atoms with Crippen molar-refractivity contribution < 1.29 is 9.59 Å². The molecule has 0 radical (unpaired) electrons. The van der Waals surface area contributed by atoms with Crippen LogP contribution in [0.3, 0.4) is 0 Å². The zero-order valence-corrected chi connectivity index (χ0v) is 23.9. The number of carbonyl (C=O) groups excluding carboxylic acids is 2. The fraction of sp³-hybridized carbons (Fsp3) is 0.371. The highest BCUT2D eigenvalue weighted by Gasteiger charge is 2.40. The molecule has 0 aliphatic carbocycles. The Labute approximate surface area is 242 Å². The van der Waals surface area contributed by atoms with Gasteiger partial charge in [0.25, 0.3) is 0 Å². The van der Waals surface area contributed by atoms with Crippen molar-refractivity contribution in [2.24, 2.45) is 5.92 Å². The molecule has 2 N–H and O–H groups in total. The van der Waals surface area contributed by atoms with Crippen molar-refractivity contribution in [3.8, 4) is 0 Å². The molecule has 6 rings (SSSR count). The van der Waals surface area contributed by atoms with Crippen molar-refractivity contribution in [1.82, 2.24) is 20.1 Å². The summed E-state index contributed by atoms with van der Waals surface area (Å²) >= 11 is 0. The number of nitrogens with zero attached hydrogens (tertiary/aromatic N) is 2. The van der Waals surface area contributed by atoms with E-state index < -0.39 is 5.92 Å². The van der Waals surface area contributed by atoms with Gasteiger partial charge in [0.05, 0.1) is 18.5 Å². The maximum atomic E-state index is 14.0. The van der Waals surface area contributed by atoms with Gasteiger partial charge in [-0.2, -0.15) is 0 Å². The topological polar surface area (TPSA) is 68.4 Å². The first-order valence-electron chi connectivity index (χ1n) is 15.0. The number of ketones is 1. The summed E-state index contributed by atoms with van der Waals surface area (Å²) in [4.78, 5) is 35.2. The second-order valence-electron chi connectivity index (χ2n) is 11.8. The van der Waals surface area contributed by atoms with Crippen molar-refractivity contribution in [3.63, 3.8) is 0 Å². The number of carbonyl (C=O) groups is 2. The molecule has 2 aliphatic heterocycles. The van der Waals surface area contributed by atoms with Crippen LogP contribution in [0, 0.1) is 5.92 Å². The highest BCUT2D eigenvalue weighted by atomic mass is 16.2. The highest BCUT2D eigenvalue weighted by Crippen LogP contribution is 2.42. The lowest BCUT2D eigenvalue weighted by Gasteiger charge is -2.33. The fourth-order valence-corrected chi connectivity index (χ4v) is 6.88. The largest absolute Gasteiger partial charge is 0.361 e. The first-order chi connectivity index (χ1) is 20.1. The normalized spacial score (nSPS) is 20.6. The smallest absolute Gasteiger partial charge is 0.229 e. The molecule has 212 valence electrons. The molecule has 0 bridgehead atoms. The van der Waals surface area contributed by atoms with Crippen LogP contribution in [0.15, 0.2) is 85.1 Å². The molecule has 1 fully saturated rings. The maximum Gasteiger partial charge on any atom is 0.229 e. The highest BCUT2D eigenvalue weighted by molar-refractivity contribution is 6.02. The van der Waals surface area contributed by atoms with Gasteiger partial charge in [-0.3, -0.25) is 14.5 Å². The number of aromatic nitrogens is 1. The van der Waals surface area contributed by atoms with Gasteiger partial charge in [-0.1, -0.05) is 72.8 Å². The van der Waals surface area contributed by atoms with Crippen LogP contribution in [0.4, 0.5) is 0 Å². The van der Waals surface area contributed by atoms with Crippen LogP contribution >= 0.6 is 0 Å². The van der Waals surface area contributed by atoms with Crippen LogP contribution < -0.4 is 5.32 Å². The van der Waals surface area contributed by atoms with Gasteiger partial charge in [0, 0.05) is 29.2 Å². The van der Waals surface area contributed by atoms with Crippen LogP contribution in [0.1, 0.15) is 58.3 Å². The van der Waals surface area contributed by atoms with E-state index in [2.05, 4.69) is 51.6 Å². The van der Waals surface area contributed by atoms with Gasteiger partial charge in [-0.15, -0.1) is 0 Å². The van der Waals surface area contributed by atoms with Crippen molar-refractivity contribution in [1.29, 1.82) is 0 Å². The predicted molar refractivity (Wildman–Crippen MR) is 164 cm³/mol. The molecule has 1 amide bonds. The number of benzene rings is 3. The fourth-order valence-electron chi connectivity index (χ4n) is 6.88. The molecule has 2 atom stereocenters. The van der Waals surface area contributed by atoms with Crippen LogP contribution in [0.25, 0.3) is 10.9 Å². The number of nitrogens with one attached hydrogen (secondary N) is 2. The maximum absolute atomic E-state index is 14.0. The van der Waals surface area contributed by atoms with E-state index in [1.807, 2.05) is 60.6 Å². The number of rotatable bonds is 8. The number of H-pyrrole nitrogens is 1. The number of hydrogen-bond acceptors (Lipinski definition) is 4. The lowest BCUT2D eigenvalue weighted by molar-refractivity contribution is -0.124. The van der Waals surface area contributed by atoms with E-state index in [1.54, 1.807) is 0 Å². The second-order valence-corrected chi connectivity index (χ2v) is 11.8. The molecule has 2 unspecified atom stereocenters. The lowest BCUT2D eigenvalue weighted by atomic mass is 9.84. The summed E-state index contributed by atoms with van der Waals surface area (Å²) in [6.07, 6.45) is 6.55. The zero-order chi connectivity index (χ0) is 28.2. The van der Waals surface area contributed by atoms with Gasteiger partial charge < -0.3 is 15.2 Å². The molecule has 6 heteroatoms. The minimum atomic E-state index is -0.490. The standard InChI is InChI=1S/C35H40N4O2/c1-38-24-32(40)28-13-5-6-14-29(28)33(34(38)30-23-37-31-15-8-7-12-27(30)31)35(41)36-18-9-19-39-20-16-26(17-21-39)22-25-10-3-2-4-11-25/h2-8,10-15,23,26,33-34,37H,9,16-22,24H2,1H3,(H,36,41). The van der Waals surface area contributed by atoms with E-state index in [0.717, 1.165) is 54.0 Å². The third kappa shape index (κ3) is 5.99. The Morgan fingerprint density at radius 1 is 0.927 bits per heavy atom. The quantitative estimate of drug-likeness (QED) is 0.282. The average Bonchev–Trinajstić information content (AvgIpc) is 3.38. The number of Topliss-reactive ketones (excluding diaryl/α,β-unsaturated/α-hetero) is 1. The Hall–Kier alpha value is -3.74. The number of fused-ring (bicyclic) bond motifs is 2. The van der Waals surface area contributed by atoms with Gasteiger partial charge in [0.2, 0.25) is 5.91 Å². The van der Waals surface area contributed by atoms with E-state index in [4.69, 9.17) is 0 Å². The first-order valence-corrected chi connectivity index (χ1v) is 15.0. The molecular weight excluding hydrogens is 508 g/mol. The molecule has 2 aliphatic rings. The number of piperidine rings is 1. The molecule has 41 heavy (non-hydrogen) atoms. The number of hydrogen-bond donors (Lipinski definition) is 2. The van der Waals surface area contributed by atoms with Crippen molar-refractivity contribution in [2.45, 2.75) is 37.6 Å². The third-order valence-corrected chi connectivity index (χ3v) is 9.03. The monoisotopic (exact) mass is 548 g/mol. The summed E-state index contributed by atoms with van der Waals surface area (Å²) in [5, 5.41) is 4.35. The summed E-state index contributed by atoms with van der Waals surface area (Å²) in [5.74, 6) is 0.301. The van der Waals surface area contributed by atoms with E-state index in [-0.39, 0.29) is 24.3 Å². The Morgan fingerprint density at radius 2 is 1.66 bits per heavy atom. The molecule has 1 aromatic heterocycles. The Morgan fingerprint density at radius 3 is 2.49 bits per heavy atom. The van der Waals surface area contributed by atoms with Crippen LogP contribution in [-0.2, 0) is 11.2 Å².